The predicted octanol–water partition coefficient (Wildman–Crippen LogP) is 4.43. The minimum Gasteiger partial charge on any atom is -0.461 e. The quantitative estimate of drug-likeness (QED) is 0.534. The van der Waals surface area contributed by atoms with E-state index in [4.69, 9.17) is 4.42 Å². The smallest absolute Gasteiger partial charge is 0.233 e. The zero-order valence-corrected chi connectivity index (χ0v) is 15.5. The molecule has 5 nitrogen and oxygen atoms in total. The van der Waals surface area contributed by atoms with E-state index in [-0.39, 0.29) is 11.2 Å². The normalized spacial score (nSPS) is 16.0. The number of hydrogen-bond acceptors (Lipinski definition) is 5. The lowest BCUT2D eigenvalue weighted by Crippen LogP contribution is -2.37. The van der Waals surface area contributed by atoms with E-state index in [2.05, 4.69) is 15.3 Å². The summed E-state index contributed by atoms with van der Waals surface area (Å²) in [5.74, 6) is 1.24. The zero-order valence-electron chi connectivity index (χ0n) is 14.6. The summed E-state index contributed by atoms with van der Waals surface area (Å²) in [4.78, 5) is 21.8. The molecule has 0 aliphatic heterocycles. The molecule has 2 aromatic heterocycles. The summed E-state index contributed by atoms with van der Waals surface area (Å²) in [5, 5.41) is 4.70. The highest BCUT2D eigenvalue weighted by Crippen LogP contribution is 2.31. The average Bonchev–Trinajstić information content (AvgIpc) is 3.35. The fraction of sp³-hybridized carbons (Fsp3) is 0.350. The topological polar surface area (TPSA) is 68.0 Å². The van der Waals surface area contributed by atoms with Gasteiger partial charge in [0.1, 0.15) is 5.03 Å². The third-order valence-corrected chi connectivity index (χ3v) is 5.77. The minimum atomic E-state index is -0.224. The van der Waals surface area contributed by atoms with Crippen LogP contribution in [0.1, 0.15) is 32.6 Å². The molecule has 1 aliphatic carbocycles. The second-order valence-corrected chi connectivity index (χ2v) is 7.93. The minimum absolute atomic E-state index is 0.0733. The van der Waals surface area contributed by atoms with Crippen LogP contribution in [-0.2, 0) is 4.79 Å². The molecule has 1 saturated carbocycles. The molecular weight excluding hydrogens is 346 g/mol. The lowest BCUT2D eigenvalue weighted by atomic mass is 10.2. The summed E-state index contributed by atoms with van der Waals surface area (Å²) in [6, 6.07) is 11.8. The summed E-state index contributed by atoms with van der Waals surface area (Å²) < 4.78 is 5.45. The number of hydrogen-bond donors (Lipinski definition) is 1. The molecule has 1 amide bonds. The SMILES string of the molecule is CC(Sc1nc(-c2ccco2)nc2ccccc12)C(=O)NC1CCCC1. The molecule has 1 unspecified atom stereocenters. The van der Waals surface area contributed by atoms with Crippen LogP contribution in [0.15, 0.2) is 52.1 Å². The van der Waals surface area contributed by atoms with Gasteiger partial charge in [0.25, 0.3) is 0 Å². The molecule has 134 valence electrons. The van der Waals surface area contributed by atoms with Crippen molar-refractivity contribution < 1.29 is 9.21 Å². The van der Waals surface area contributed by atoms with Crippen molar-refractivity contribution in [2.24, 2.45) is 0 Å². The van der Waals surface area contributed by atoms with Crippen LogP contribution in [-0.4, -0.2) is 27.2 Å². The number of furan rings is 1. The first-order chi connectivity index (χ1) is 12.7. The fourth-order valence-corrected chi connectivity index (χ4v) is 4.21. The number of fused-ring (bicyclic) bond motifs is 1. The van der Waals surface area contributed by atoms with Gasteiger partial charge in [-0.15, -0.1) is 0 Å². The number of amides is 1. The van der Waals surface area contributed by atoms with Gasteiger partial charge >= 0.3 is 0 Å². The van der Waals surface area contributed by atoms with Crippen molar-refractivity contribution in [2.75, 3.05) is 0 Å². The van der Waals surface area contributed by atoms with Crippen LogP contribution >= 0.6 is 11.8 Å². The summed E-state index contributed by atoms with van der Waals surface area (Å²) >= 11 is 1.47. The Kier molecular flexibility index (Phi) is 4.93. The molecule has 4 rings (SSSR count). The van der Waals surface area contributed by atoms with Gasteiger partial charge in [0, 0.05) is 11.4 Å². The van der Waals surface area contributed by atoms with E-state index in [9.17, 15) is 4.79 Å². The molecule has 0 saturated heterocycles. The highest BCUT2D eigenvalue weighted by Gasteiger charge is 2.23. The molecule has 0 bridgehead atoms. The number of carbonyl (C=O) groups is 1. The van der Waals surface area contributed by atoms with Gasteiger partial charge in [0.2, 0.25) is 5.91 Å². The zero-order chi connectivity index (χ0) is 17.9. The van der Waals surface area contributed by atoms with Crippen molar-refractivity contribution >= 4 is 28.6 Å². The van der Waals surface area contributed by atoms with Crippen molar-refractivity contribution in [3.05, 3.63) is 42.7 Å². The van der Waals surface area contributed by atoms with Gasteiger partial charge in [0.15, 0.2) is 11.6 Å². The first-order valence-electron chi connectivity index (χ1n) is 8.98. The highest BCUT2D eigenvalue weighted by atomic mass is 32.2. The Balaban J connectivity index is 1.61. The number of rotatable bonds is 5. The molecule has 0 radical (unpaired) electrons. The maximum Gasteiger partial charge on any atom is 0.233 e. The third kappa shape index (κ3) is 3.60. The Hall–Kier alpha value is -2.34. The van der Waals surface area contributed by atoms with Gasteiger partial charge in [-0.1, -0.05) is 42.8 Å². The molecular formula is C20H21N3O2S. The molecule has 1 aliphatic rings. The van der Waals surface area contributed by atoms with Gasteiger partial charge < -0.3 is 9.73 Å². The highest BCUT2D eigenvalue weighted by molar-refractivity contribution is 8.00. The molecule has 6 heteroatoms. The number of para-hydroxylation sites is 1. The van der Waals surface area contributed by atoms with E-state index in [1.165, 1.54) is 24.6 Å². The average molecular weight is 367 g/mol. The van der Waals surface area contributed by atoms with E-state index < -0.39 is 0 Å². The van der Waals surface area contributed by atoms with Gasteiger partial charge in [-0.2, -0.15) is 0 Å². The van der Waals surface area contributed by atoms with E-state index in [0.717, 1.165) is 28.8 Å². The van der Waals surface area contributed by atoms with Crippen molar-refractivity contribution in [1.82, 2.24) is 15.3 Å². The molecule has 1 atom stereocenters. The van der Waals surface area contributed by atoms with Crippen LogP contribution in [0.2, 0.25) is 0 Å². The van der Waals surface area contributed by atoms with Crippen molar-refractivity contribution in [3.63, 3.8) is 0 Å². The number of aromatic nitrogens is 2. The Morgan fingerprint density at radius 2 is 2.00 bits per heavy atom. The molecule has 3 aromatic rings. The number of carbonyl (C=O) groups excluding carboxylic acids is 1. The van der Waals surface area contributed by atoms with E-state index in [1.807, 2.05) is 43.3 Å². The Morgan fingerprint density at radius 3 is 2.77 bits per heavy atom. The van der Waals surface area contributed by atoms with Crippen LogP contribution in [0.3, 0.4) is 0 Å². The molecule has 0 spiro atoms. The Labute approximate surface area is 156 Å². The van der Waals surface area contributed by atoms with Crippen LogP contribution in [0.5, 0.6) is 0 Å². The summed E-state index contributed by atoms with van der Waals surface area (Å²) in [5.41, 5.74) is 0.847. The standard InChI is InChI=1S/C20H21N3O2S/c1-13(19(24)21-14-7-2-3-8-14)26-20-15-9-4-5-10-16(15)22-18(23-20)17-11-6-12-25-17/h4-6,9-14H,2-3,7-8H2,1H3,(H,21,24). The van der Waals surface area contributed by atoms with E-state index in [0.29, 0.717) is 17.6 Å². The van der Waals surface area contributed by atoms with Crippen molar-refractivity contribution in [1.29, 1.82) is 0 Å². The maximum atomic E-state index is 12.6. The number of nitrogens with one attached hydrogen (secondary N) is 1. The van der Waals surface area contributed by atoms with Crippen LogP contribution in [0.4, 0.5) is 0 Å². The van der Waals surface area contributed by atoms with E-state index >= 15 is 0 Å². The molecule has 1 N–H and O–H groups in total. The first kappa shape index (κ1) is 17.1. The van der Waals surface area contributed by atoms with Crippen LogP contribution in [0.25, 0.3) is 22.5 Å². The summed E-state index contributed by atoms with van der Waals surface area (Å²) in [6.45, 7) is 1.93. The second kappa shape index (κ2) is 7.50. The Morgan fingerprint density at radius 1 is 1.19 bits per heavy atom. The predicted molar refractivity (Wildman–Crippen MR) is 103 cm³/mol. The number of thioether (sulfide) groups is 1. The fourth-order valence-electron chi connectivity index (χ4n) is 3.26. The van der Waals surface area contributed by atoms with Gasteiger partial charge in [0.05, 0.1) is 17.0 Å². The van der Waals surface area contributed by atoms with Crippen LogP contribution < -0.4 is 5.32 Å². The van der Waals surface area contributed by atoms with Gasteiger partial charge in [-0.3, -0.25) is 4.79 Å². The third-order valence-electron chi connectivity index (χ3n) is 4.67. The number of nitrogens with zero attached hydrogens (tertiary/aromatic N) is 2. The van der Waals surface area contributed by atoms with Gasteiger partial charge in [-0.05, 0) is 38.0 Å². The molecule has 2 heterocycles. The Bertz CT molecular complexity index is 905. The second-order valence-electron chi connectivity index (χ2n) is 6.60. The number of benzene rings is 1. The van der Waals surface area contributed by atoms with Crippen molar-refractivity contribution in [2.45, 2.75) is 48.9 Å². The van der Waals surface area contributed by atoms with Crippen molar-refractivity contribution in [3.8, 4) is 11.6 Å². The van der Waals surface area contributed by atoms with E-state index in [1.54, 1.807) is 6.26 Å². The molecule has 1 aromatic carbocycles. The monoisotopic (exact) mass is 367 g/mol. The lowest BCUT2D eigenvalue weighted by Gasteiger charge is -2.17. The summed E-state index contributed by atoms with van der Waals surface area (Å²) in [7, 11) is 0. The summed E-state index contributed by atoms with van der Waals surface area (Å²) in [6.07, 6.45) is 6.19. The maximum absolute atomic E-state index is 12.6. The first-order valence-corrected chi connectivity index (χ1v) is 9.86. The van der Waals surface area contributed by atoms with Gasteiger partial charge in [-0.25, -0.2) is 9.97 Å². The molecule has 1 fully saturated rings. The van der Waals surface area contributed by atoms with Crippen LogP contribution in [0, 0.1) is 0 Å². The largest absolute Gasteiger partial charge is 0.461 e. The molecule has 26 heavy (non-hydrogen) atoms. The lowest BCUT2D eigenvalue weighted by molar-refractivity contribution is -0.120.